The quantitative estimate of drug-likeness (QED) is 0.295. The van der Waals surface area contributed by atoms with Crippen LogP contribution in [-0.4, -0.2) is 15.3 Å². The molecule has 1 N–H and O–H groups in total. The minimum Gasteiger partial charge on any atom is -0.326 e. The number of halogens is 1. The molecule has 0 radical (unpaired) electrons. The van der Waals surface area contributed by atoms with Gasteiger partial charge in [-0.2, -0.15) is 0 Å². The van der Waals surface area contributed by atoms with Crippen LogP contribution in [0.3, 0.4) is 0 Å². The van der Waals surface area contributed by atoms with E-state index in [1.54, 1.807) is 12.1 Å². The second-order valence-electron chi connectivity index (χ2n) is 8.80. The SMILES string of the molecule is Cc1ccc(C)c(-c2ccc3nc(-c4ccccc4)c(CCC(=O)Nc4cccc(F)c4)n3c2)c1. The smallest absolute Gasteiger partial charge is 0.224 e. The number of hydrogen-bond donors (Lipinski definition) is 1. The van der Waals surface area contributed by atoms with Crippen LogP contribution in [0.5, 0.6) is 0 Å². The molecule has 5 aromatic rings. The van der Waals surface area contributed by atoms with E-state index in [0.29, 0.717) is 12.1 Å². The highest BCUT2D eigenvalue weighted by Crippen LogP contribution is 2.30. The average Bonchev–Trinajstić information content (AvgIpc) is 3.22. The standard InChI is InChI=1S/C30H26FN3O/c1-20-11-12-21(2)26(17-20)23-13-15-28-33-30(22-7-4-3-5-8-22)27(34(28)19-23)14-16-29(35)32-25-10-6-9-24(31)18-25/h3-13,15,17-19H,14,16H2,1-2H3,(H,32,35). The lowest BCUT2D eigenvalue weighted by Crippen LogP contribution is -2.13. The fourth-order valence-electron chi connectivity index (χ4n) is 4.39. The number of aryl methyl sites for hydroxylation is 3. The predicted octanol–water partition coefficient (Wildman–Crippen LogP) is 7.00. The third-order valence-corrected chi connectivity index (χ3v) is 6.17. The second-order valence-corrected chi connectivity index (χ2v) is 8.80. The van der Waals surface area contributed by atoms with E-state index in [1.165, 1.54) is 28.8 Å². The van der Waals surface area contributed by atoms with Gasteiger partial charge in [-0.25, -0.2) is 9.37 Å². The number of aromatic nitrogens is 2. The largest absolute Gasteiger partial charge is 0.326 e. The van der Waals surface area contributed by atoms with Crippen LogP contribution in [0.15, 0.2) is 91.1 Å². The van der Waals surface area contributed by atoms with Gasteiger partial charge in [0.05, 0.1) is 11.4 Å². The number of nitrogens with one attached hydrogen (secondary N) is 1. The van der Waals surface area contributed by atoms with Gasteiger partial charge >= 0.3 is 0 Å². The molecule has 2 heterocycles. The Bertz CT molecular complexity index is 1520. The first-order valence-electron chi connectivity index (χ1n) is 11.7. The molecule has 0 aliphatic heterocycles. The first kappa shape index (κ1) is 22.5. The van der Waals surface area contributed by atoms with Crippen LogP contribution in [0, 0.1) is 19.7 Å². The summed E-state index contributed by atoms with van der Waals surface area (Å²) >= 11 is 0. The van der Waals surface area contributed by atoms with Gasteiger partial charge in [-0.15, -0.1) is 0 Å². The first-order chi connectivity index (χ1) is 17.0. The number of fused-ring (bicyclic) bond motifs is 1. The van der Waals surface area contributed by atoms with Crippen LogP contribution < -0.4 is 5.32 Å². The van der Waals surface area contributed by atoms with Crippen molar-refractivity contribution in [3.8, 4) is 22.4 Å². The van der Waals surface area contributed by atoms with Gasteiger partial charge in [-0.05, 0) is 67.3 Å². The van der Waals surface area contributed by atoms with Gasteiger partial charge in [-0.1, -0.05) is 60.2 Å². The number of imidazole rings is 1. The highest BCUT2D eigenvalue weighted by Gasteiger charge is 2.17. The van der Waals surface area contributed by atoms with Crippen LogP contribution in [0.25, 0.3) is 28.0 Å². The van der Waals surface area contributed by atoms with Crippen molar-refractivity contribution in [2.24, 2.45) is 0 Å². The summed E-state index contributed by atoms with van der Waals surface area (Å²) in [7, 11) is 0. The number of pyridine rings is 1. The van der Waals surface area contributed by atoms with E-state index < -0.39 is 0 Å². The molecule has 2 aromatic heterocycles. The summed E-state index contributed by atoms with van der Waals surface area (Å²) in [5, 5.41) is 2.79. The van der Waals surface area contributed by atoms with Gasteiger partial charge in [0.2, 0.25) is 5.91 Å². The van der Waals surface area contributed by atoms with E-state index >= 15 is 0 Å². The lowest BCUT2D eigenvalue weighted by Gasteiger charge is -2.10. The molecule has 5 heteroatoms. The third-order valence-electron chi connectivity index (χ3n) is 6.17. The van der Waals surface area contributed by atoms with Crippen molar-refractivity contribution in [2.45, 2.75) is 26.7 Å². The summed E-state index contributed by atoms with van der Waals surface area (Å²) in [6, 6.07) is 26.5. The number of rotatable bonds is 6. The molecule has 0 unspecified atom stereocenters. The topological polar surface area (TPSA) is 46.4 Å². The molecule has 0 spiro atoms. The molecule has 0 bridgehead atoms. The molecule has 0 aliphatic carbocycles. The molecule has 1 amide bonds. The van der Waals surface area contributed by atoms with Crippen LogP contribution in [0.4, 0.5) is 10.1 Å². The number of amides is 1. The number of carbonyl (C=O) groups is 1. The molecule has 3 aromatic carbocycles. The highest BCUT2D eigenvalue weighted by molar-refractivity contribution is 5.91. The van der Waals surface area contributed by atoms with Gasteiger partial charge in [-0.3, -0.25) is 4.79 Å². The molecular formula is C30H26FN3O. The number of anilines is 1. The van der Waals surface area contributed by atoms with Gasteiger partial charge < -0.3 is 9.72 Å². The molecule has 0 saturated heterocycles. The van der Waals surface area contributed by atoms with Crippen LogP contribution in [0.1, 0.15) is 23.2 Å². The van der Waals surface area contributed by atoms with E-state index in [2.05, 4.69) is 54.0 Å². The highest BCUT2D eigenvalue weighted by atomic mass is 19.1. The summed E-state index contributed by atoms with van der Waals surface area (Å²) < 4.78 is 15.6. The fraction of sp³-hybridized carbons (Fsp3) is 0.133. The number of carbonyl (C=O) groups excluding carboxylic acids is 1. The van der Waals surface area contributed by atoms with Gasteiger partial charge in [0.25, 0.3) is 0 Å². The van der Waals surface area contributed by atoms with E-state index in [4.69, 9.17) is 4.98 Å². The fourth-order valence-corrected chi connectivity index (χ4v) is 4.39. The zero-order valence-corrected chi connectivity index (χ0v) is 19.8. The van der Waals surface area contributed by atoms with Crippen LogP contribution in [0.2, 0.25) is 0 Å². The summed E-state index contributed by atoms with van der Waals surface area (Å²) in [6.45, 7) is 4.20. The minimum atomic E-state index is -0.380. The number of hydrogen-bond acceptors (Lipinski definition) is 2. The molecule has 0 saturated carbocycles. The monoisotopic (exact) mass is 463 g/mol. The van der Waals surface area contributed by atoms with Gasteiger partial charge in [0.15, 0.2) is 0 Å². The summed E-state index contributed by atoms with van der Waals surface area (Å²) in [5.74, 6) is -0.551. The van der Waals surface area contributed by atoms with E-state index in [1.807, 2.05) is 36.4 Å². The van der Waals surface area contributed by atoms with Gasteiger partial charge in [0.1, 0.15) is 11.5 Å². The molecule has 0 aliphatic rings. The van der Waals surface area contributed by atoms with Crippen molar-refractivity contribution in [1.29, 1.82) is 0 Å². The minimum absolute atomic E-state index is 0.171. The second kappa shape index (κ2) is 9.55. The lowest BCUT2D eigenvalue weighted by molar-refractivity contribution is -0.116. The maximum Gasteiger partial charge on any atom is 0.224 e. The van der Waals surface area contributed by atoms with Crippen molar-refractivity contribution < 1.29 is 9.18 Å². The predicted molar refractivity (Wildman–Crippen MR) is 139 cm³/mol. The van der Waals surface area contributed by atoms with E-state index in [-0.39, 0.29) is 18.1 Å². The third kappa shape index (κ3) is 4.85. The average molecular weight is 464 g/mol. The Kier molecular flexibility index (Phi) is 6.15. The molecule has 0 atom stereocenters. The Morgan fingerprint density at radius 3 is 2.54 bits per heavy atom. The normalized spacial score (nSPS) is 11.1. The molecule has 0 fully saturated rings. The summed E-state index contributed by atoms with van der Waals surface area (Å²) in [6.07, 6.45) is 2.84. The molecule has 35 heavy (non-hydrogen) atoms. The number of nitrogens with zero attached hydrogens (tertiary/aromatic N) is 2. The van der Waals surface area contributed by atoms with Crippen LogP contribution in [-0.2, 0) is 11.2 Å². The zero-order valence-electron chi connectivity index (χ0n) is 19.8. The Balaban J connectivity index is 1.52. The Morgan fingerprint density at radius 1 is 0.914 bits per heavy atom. The van der Waals surface area contributed by atoms with Crippen LogP contribution >= 0.6 is 0 Å². The summed E-state index contributed by atoms with van der Waals surface area (Å²) in [4.78, 5) is 17.6. The Labute approximate surface area is 204 Å². The van der Waals surface area contributed by atoms with Crippen molar-refractivity contribution in [1.82, 2.24) is 9.38 Å². The van der Waals surface area contributed by atoms with Crippen molar-refractivity contribution in [3.05, 3.63) is 114 Å². The molecule has 4 nitrogen and oxygen atoms in total. The molecular weight excluding hydrogens is 437 g/mol. The van der Waals surface area contributed by atoms with Crippen molar-refractivity contribution >= 4 is 17.2 Å². The maximum absolute atomic E-state index is 13.5. The van der Waals surface area contributed by atoms with Gasteiger partial charge in [0, 0.05) is 23.9 Å². The summed E-state index contributed by atoms with van der Waals surface area (Å²) in [5.41, 5.74) is 8.80. The van der Waals surface area contributed by atoms with Crippen molar-refractivity contribution in [2.75, 3.05) is 5.32 Å². The zero-order chi connectivity index (χ0) is 24.4. The van der Waals surface area contributed by atoms with E-state index in [9.17, 15) is 9.18 Å². The first-order valence-corrected chi connectivity index (χ1v) is 11.7. The lowest BCUT2D eigenvalue weighted by atomic mass is 10.00. The maximum atomic E-state index is 13.5. The Morgan fingerprint density at radius 2 is 1.74 bits per heavy atom. The van der Waals surface area contributed by atoms with E-state index in [0.717, 1.165) is 28.2 Å². The molecule has 5 rings (SSSR count). The molecule has 174 valence electrons. The van der Waals surface area contributed by atoms with Crippen molar-refractivity contribution in [3.63, 3.8) is 0 Å². The number of benzene rings is 3. The Hall–Kier alpha value is -4.25.